The van der Waals surface area contributed by atoms with Crippen LogP contribution < -0.4 is 15.5 Å². The minimum atomic E-state index is -0.695. The molecule has 0 radical (unpaired) electrons. The van der Waals surface area contributed by atoms with Crippen LogP contribution in [-0.4, -0.2) is 24.9 Å². The molecule has 0 fully saturated rings. The van der Waals surface area contributed by atoms with Crippen molar-refractivity contribution >= 4 is 46.1 Å². The Balaban J connectivity index is 1.44. The fourth-order valence-electron chi connectivity index (χ4n) is 3.52. The highest BCUT2D eigenvalue weighted by atomic mass is 35.5. The van der Waals surface area contributed by atoms with Gasteiger partial charge in [0.15, 0.2) is 0 Å². The second-order valence-corrected chi connectivity index (χ2v) is 8.19. The molecule has 4 rings (SSSR count). The highest BCUT2D eigenvalue weighted by Crippen LogP contribution is 2.36. The van der Waals surface area contributed by atoms with E-state index in [-0.39, 0.29) is 6.04 Å². The van der Waals surface area contributed by atoms with Gasteiger partial charge in [-0.3, -0.25) is 9.59 Å². The Kier molecular flexibility index (Phi) is 5.83. The Morgan fingerprint density at radius 1 is 1.03 bits per heavy atom. The second-order valence-electron chi connectivity index (χ2n) is 6.77. The van der Waals surface area contributed by atoms with Gasteiger partial charge in [0.1, 0.15) is 0 Å². The quantitative estimate of drug-likeness (QED) is 0.600. The molecule has 0 bridgehead atoms. The van der Waals surface area contributed by atoms with Crippen molar-refractivity contribution in [2.24, 2.45) is 0 Å². The molecule has 2 N–H and O–H groups in total. The predicted octanol–water partition coefficient (Wildman–Crippen LogP) is 4.26. The number of fused-ring (bicyclic) bond motifs is 1. The third kappa shape index (κ3) is 4.44. The zero-order valence-electron chi connectivity index (χ0n) is 15.6. The number of benzene rings is 2. The summed E-state index contributed by atoms with van der Waals surface area (Å²) in [5.74, 6) is -1.35. The van der Waals surface area contributed by atoms with Crippen LogP contribution in [0, 0.1) is 0 Å². The molecule has 1 aromatic heterocycles. The minimum absolute atomic E-state index is 0.0223. The van der Waals surface area contributed by atoms with Gasteiger partial charge in [0, 0.05) is 34.4 Å². The number of nitrogens with one attached hydrogen (secondary N) is 2. The van der Waals surface area contributed by atoms with Gasteiger partial charge in [0.05, 0.1) is 6.04 Å². The van der Waals surface area contributed by atoms with Gasteiger partial charge in [-0.15, -0.1) is 11.3 Å². The van der Waals surface area contributed by atoms with Crippen LogP contribution in [0.15, 0.2) is 66.0 Å². The Bertz CT molecular complexity index is 1010. The maximum absolute atomic E-state index is 12.4. The molecular weight excluding hydrogens is 406 g/mol. The average molecular weight is 426 g/mol. The van der Waals surface area contributed by atoms with Crippen LogP contribution in [0.4, 0.5) is 11.4 Å². The van der Waals surface area contributed by atoms with Gasteiger partial charge in [-0.1, -0.05) is 35.9 Å². The lowest BCUT2D eigenvalue weighted by molar-refractivity contribution is -0.136. The molecular formula is C22H20ClN3O2S. The fourth-order valence-corrected chi connectivity index (χ4v) is 4.49. The molecule has 2 heterocycles. The fraction of sp³-hybridized carbons (Fsp3) is 0.182. The number of carbonyl (C=O) groups excluding carboxylic acids is 2. The van der Waals surface area contributed by atoms with Gasteiger partial charge in [0.2, 0.25) is 0 Å². The van der Waals surface area contributed by atoms with Crippen molar-refractivity contribution in [3.05, 3.63) is 81.5 Å². The van der Waals surface area contributed by atoms with Gasteiger partial charge >= 0.3 is 11.8 Å². The summed E-state index contributed by atoms with van der Waals surface area (Å²) in [6.45, 7) is 1.23. The lowest BCUT2D eigenvalue weighted by Crippen LogP contribution is -2.41. The van der Waals surface area contributed by atoms with Crippen LogP contribution in [0.2, 0.25) is 5.02 Å². The first-order valence-electron chi connectivity index (χ1n) is 9.34. The monoisotopic (exact) mass is 425 g/mol. The lowest BCUT2D eigenvalue weighted by Gasteiger charge is -2.30. The first kappa shape index (κ1) is 19.5. The first-order valence-corrected chi connectivity index (χ1v) is 10.6. The number of anilines is 2. The van der Waals surface area contributed by atoms with Crippen LogP contribution in [-0.2, 0) is 16.0 Å². The Morgan fingerprint density at radius 3 is 2.59 bits per heavy atom. The van der Waals surface area contributed by atoms with E-state index >= 15 is 0 Å². The highest BCUT2D eigenvalue weighted by Gasteiger charge is 2.28. The number of rotatable bonds is 5. The van der Waals surface area contributed by atoms with Crippen molar-refractivity contribution in [3.8, 4) is 0 Å². The van der Waals surface area contributed by atoms with Crippen LogP contribution in [0.1, 0.15) is 16.5 Å². The normalized spacial score (nSPS) is 13.6. The third-order valence-corrected chi connectivity index (χ3v) is 6.16. The van der Waals surface area contributed by atoms with Crippen molar-refractivity contribution in [2.45, 2.75) is 12.5 Å². The summed E-state index contributed by atoms with van der Waals surface area (Å²) in [6, 6.07) is 19.0. The number of thiophene rings is 1. The number of nitrogens with zero attached hydrogens (tertiary/aromatic N) is 1. The van der Waals surface area contributed by atoms with Crippen molar-refractivity contribution in [1.82, 2.24) is 5.32 Å². The van der Waals surface area contributed by atoms with E-state index in [1.54, 1.807) is 35.6 Å². The molecule has 2 amide bonds. The van der Waals surface area contributed by atoms with Gasteiger partial charge < -0.3 is 15.5 Å². The smallest absolute Gasteiger partial charge is 0.313 e. The van der Waals surface area contributed by atoms with Gasteiger partial charge in [-0.2, -0.15) is 0 Å². The largest absolute Gasteiger partial charge is 0.361 e. The van der Waals surface area contributed by atoms with E-state index in [0.717, 1.165) is 17.8 Å². The van der Waals surface area contributed by atoms with E-state index in [4.69, 9.17) is 11.6 Å². The van der Waals surface area contributed by atoms with E-state index in [1.807, 2.05) is 23.6 Å². The molecule has 5 nitrogen and oxygen atoms in total. The number of hydrogen-bond donors (Lipinski definition) is 2. The molecule has 0 unspecified atom stereocenters. The van der Waals surface area contributed by atoms with Crippen LogP contribution in [0.5, 0.6) is 0 Å². The van der Waals surface area contributed by atoms with Crippen molar-refractivity contribution in [2.75, 3.05) is 23.3 Å². The summed E-state index contributed by atoms with van der Waals surface area (Å²) < 4.78 is 0. The molecule has 1 aliphatic rings. The summed E-state index contributed by atoms with van der Waals surface area (Å²) >= 11 is 7.50. The summed E-state index contributed by atoms with van der Waals surface area (Å²) in [5.41, 5.74) is 3.02. The molecule has 29 heavy (non-hydrogen) atoms. The van der Waals surface area contributed by atoms with Crippen LogP contribution >= 0.6 is 22.9 Å². The van der Waals surface area contributed by atoms with Gasteiger partial charge in [-0.25, -0.2) is 0 Å². The number of carbonyl (C=O) groups is 2. The third-order valence-electron chi connectivity index (χ3n) is 4.94. The lowest BCUT2D eigenvalue weighted by atomic mass is 10.1. The standard InChI is InChI=1S/C22H20ClN3O2S/c23-16-7-9-17(10-8-16)25-22(28)21(27)24-14-19(20-6-3-13-29-20)26-12-11-15-4-1-2-5-18(15)26/h1-10,13,19H,11-12,14H2,(H,24,27)(H,25,28)/t19-/m1/s1. The van der Waals surface area contributed by atoms with Crippen molar-refractivity contribution in [3.63, 3.8) is 0 Å². The number of hydrogen-bond acceptors (Lipinski definition) is 4. The maximum atomic E-state index is 12.4. The summed E-state index contributed by atoms with van der Waals surface area (Å²) in [5, 5.41) is 7.98. The molecule has 0 saturated heterocycles. The highest BCUT2D eigenvalue weighted by molar-refractivity contribution is 7.10. The van der Waals surface area contributed by atoms with Crippen LogP contribution in [0.25, 0.3) is 0 Å². The van der Waals surface area contributed by atoms with E-state index < -0.39 is 11.8 Å². The molecule has 7 heteroatoms. The van der Waals surface area contributed by atoms with E-state index in [2.05, 4.69) is 33.7 Å². The average Bonchev–Trinajstić information content (AvgIpc) is 3.40. The van der Waals surface area contributed by atoms with E-state index in [9.17, 15) is 9.59 Å². The molecule has 1 atom stereocenters. The molecule has 148 valence electrons. The first-order chi connectivity index (χ1) is 14.1. The van der Waals surface area contributed by atoms with E-state index in [0.29, 0.717) is 17.3 Å². The zero-order chi connectivity index (χ0) is 20.2. The predicted molar refractivity (Wildman–Crippen MR) is 118 cm³/mol. The number of para-hydroxylation sites is 1. The van der Waals surface area contributed by atoms with Crippen molar-refractivity contribution in [1.29, 1.82) is 0 Å². The number of halogens is 1. The molecule has 3 aromatic rings. The summed E-state index contributed by atoms with van der Waals surface area (Å²) in [7, 11) is 0. The van der Waals surface area contributed by atoms with Crippen molar-refractivity contribution < 1.29 is 9.59 Å². The van der Waals surface area contributed by atoms with E-state index in [1.165, 1.54) is 11.3 Å². The van der Waals surface area contributed by atoms with Gasteiger partial charge in [0.25, 0.3) is 0 Å². The second kappa shape index (κ2) is 8.68. The number of amides is 2. The molecule has 2 aromatic carbocycles. The Hall–Kier alpha value is -2.83. The Morgan fingerprint density at radius 2 is 1.83 bits per heavy atom. The molecule has 0 saturated carbocycles. The Labute approximate surface area is 178 Å². The minimum Gasteiger partial charge on any atom is -0.361 e. The SMILES string of the molecule is O=C(NC[C@H](c1cccs1)N1CCc2ccccc21)C(=O)Nc1ccc(Cl)cc1. The van der Waals surface area contributed by atoms with Gasteiger partial charge in [-0.05, 0) is 53.8 Å². The molecule has 0 spiro atoms. The maximum Gasteiger partial charge on any atom is 0.313 e. The topological polar surface area (TPSA) is 61.4 Å². The molecule has 0 aliphatic carbocycles. The summed E-state index contributed by atoms with van der Waals surface area (Å²) in [4.78, 5) is 28.1. The van der Waals surface area contributed by atoms with Crippen LogP contribution in [0.3, 0.4) is 0 Å². The molecule has 1 aliphatic heterocycles. The zero-order valence-corrected chi connectivity index (χ0v) is 17.2. The summed E-state index contributed by atoms with van der Waals surface area (Å²) in [6.07, 6.45) is 0.975.